The van der Waals surface area contributed by atoms with Crippen LogP contribution in [0.2, 0.25) is 0 Å². The van der Waals surface area contributed by atoms with Gasteiger partial charge < -0.3 is 0 Å². The Kier molecular flexibility index (Phi) is 2.31. The molecule has 0 N–H and O–H groups in total. The van der Waals surface area contributed by atoms with Crippen molar-refractivity contribution in [2.75, 3.05) is 0 Å². The van der Waals surface area contributed by atoms with Crippen molar-refractivity contribution in [2.24, 2.45) is 0 Å². The van der Waals surface area contributed by atoms with Crippen LogP contribution < -0.4 is 0 Å². The Morgan fingerprint density at radius 2 is 1.92 bits per heavy atom. The SMILES string of the molecule is Cc1ccc(C(C)C)c2cc[se]c12. The van der Waals surface area contributed by atoms with Crippen molar-refractivity contribution in [1.82, 2.24) is 0 Å². The minimum atomic E-state index is 0.588. The zero-order valence-corrected chi connectivity index (χ0v) is 10.0. The second-order valence-electron chi connectivity index (χ2n) is 3.79. The third-order valence-electron chi connectivity index (χ3n) is 2.47. The number of rotatable bonds is 1. The molecule has 2 aromatic rings. The van der Waals surface area contributed by atoms with Crippen LogP contribution in [0.25, 0.3) is 9.65 Å². The summed E-state index contributed by atoms with van der Waals surface area (Å²) in [5.41, 5.74) is 2.97. The normalized spacial score (nSPS) is 11.4. The first-order valence-corrected chi connectivity index (χ1v) is 6.51. The Hall–Kier alpha value is -0.521. The number of benzene rings is 1. The Bertz CT molecular complexity index is 424. The summed E-state index contributed by atoms with van der Waals surface area (Å²) >= 11 is 0.588. The van der Waals surface area contributed by atoms with Crippen molar-refractivity contribution in [3.05, 3.63) is 34.3 Å². The molecule has 0 saturated heterocycles. The monoisotopic (exact) mass is 238 g/mol. The van der Waals surface area contributed by atoms with Crippen molar-refractivity contribution >= 4 is 24.1 Å². The molecule has 0 unspecified atom stereocenters. The predicted octanol–water partition coefficient (Wildman–Crippen LogP) is 3.33. The van der Waals surface area contributed by atoms with E-state index in [0.717, 1.165) is 0 Å². The fourth-order valence-corrected chi connectivity index (χ4v) is 3.63. The van der Waals surface area contributed by atoms with E-state index in [0.29, 0.717) is 20.4 Å². The van der Waals surface area contributed by atoms with Gasteiger partial charge in [-0.05, 0) is 0 Å². The number of hydrogen-bond donors (Lipinski definition) is 0. The first-order valence-electron chi connectivity index (χ1n) is 4.67. The van der Waals surface area contributed by atoms with E-state index in [1.165, 1.54) is 16.5 Å². The van der Waals surface area contributed by atoms with Crippen molar-refractivity contribution < 1.29 is 0 Å². The Labute approximate surface area is 85.3 Å². The van der Waals surface area contributed by atoms with Gasteiger partial charge in [0.25, 0.3) is 0 Å². The second kappa shape index (κ2) is 3.32. The summed E-state index contributed by atoms with van der Waals surface area (Å²) in [7, 11) is 0. The molecule has 0 amide bonds. The van der Waals surface area contributed by atoms with Crippen LogP contribution in [-0.4, -0.2) is 14.5 Å². The summed E-state index contributed by atoms with van der Waals surface area (Å²) in [4.78, 5) is 2.33. The van der Waals surface area contributed by atoms with Gasteiger partial charge in [0.05, 0.1) is 0 Å². The maximum absolute atomic E-state index is 2.33. The molecule has 0 atom stereocenters. The molecule has 68 valence electrons. The van der Waals surface area contributed by atoms with Crippen LogP contribution in [0.4, 0.5) is 0 Å². The first kappa shape index (κ1) is 9.05. The third kappa shape index (κ3) is 1.47. The van der Waals surface area contributed by atoms with Crippen LogP contribution in [0.1, 0.15) is 30.9 Å². The van der Waals surface area contributed by atoms with Crippen LogP contribution in [0.5, 0.6) is 0 Å². The number of hydrogen-bond acceptors (Lipinski definition) is 0. The molecule has 0 bridgehead atoms. The van der Waals surface area contributed by atoms with E-state index in [1.54, 1.807) is 4.26 Å². The van der Waals surface area contributed by atoms with Crippen LogP contribution in [0, 0.1) is 6.92 Å². The van der Waals surface area contributed by atoms with Crippen molar-refractivity contribution in [3.8, 4) is 0 Å². The van der Waals surface area contributed by atoms with E-state index in [4.69, 9.17) is 0 Å². The third-order valence-corrected chi connectivity index (χ3v) is 4.67. The van der Waals surface area contributed by atoms with Gasteiger partial charge in [0.1, 0.15) is 0 Å². The number of fused-ring (bicyclic) bond motifs is 1. The maximum atomic E-state index is 2.33. The molecule has 0 aliphatic carbocycles. The van der Waals surface area contributed by atoms with Crippen LogP contribution in [-0.2, 0) is 0 Å². The summed E-state index contributed by atoms with van der Waals surface area (Å²) < 4.78 is 1.60. The van der Waals surface area contributed by atoms with Gasteiger partial charge in [0.15, 0.2) is 0 Å². The van der Waals surface area contributed by atoms with Gasteiger partial charge in [-0.2, -0.15) is 0 Å². The average molecular weight is 237 g/mol. The van der Waals surface area contributed by atoms with Gasteiger partial charge in [-0.25, -0.2) is 0 Å². The molecule has 1 heterocycles. The molecule has 1 heteroatoms. The molecule has 13 heavy (non-hydrogen) atoms. The fourth-order valence-electron chi connectivity index (χ4n) is 1.73. The van der Waals surface area contributed by atoms with E-state index in [2.05, 4.69) is 43.9 Å². The van der Waals surface area contributed by atoms with E-state index >= 15 is 0 Å². The van der Waals surface area contributed by atoms with Crippen molar-refractivity contribution in [1.29, 1.82) is 0 Å². The van der Waals surface area contributed by atoms with E-state index < -0.39 is 0 Å². The van der Waals surface area contributed by atoms with Gasteiger partial charge in [-0.3, -0.25) is 0 Å². The molecule has 0 saturated carbocycles. The van der Waals surface area contributed by atoms with Gasteiger partial charge in [-0.15, -0.1) is 0 Å². The molecular weight excluding hydrogens is 223 g/mol. The molecule has 0 nitrogen and oxygen atoms in total. The summed E-state index contributed by atoms with van der Waals surface area (Å²) in [5.74, 6) is 0.646. The first-order chi connectivity index (χ1) is 6.20. The van der Waals surface area contributed by atoms with Gasteiger partial charge in [0, 0.05) is 0 Å². The minimum absolute atomic E-state index is 0.588. The average Bonchev–Trinajstić information content (AvgIpc) is 2.53. The predicted molar refractivity (Wildman–Crippen MR) is 59.7 cm³/mol. The van der Waals surface area contributed by atoms with E-state index in [-0.39, 0.29) is 0 Å². The molecule has 1 aromatic carbocycles. The molecule has 1 aromatic heterocycles. The molecule has 0 radical (unpaired) electrons. The van der Waals surface area contributed by atoms with Gasteiger partial charge in [0.2, 0.25) is 0 Å². The molecule has 0 aliphatic heterocycles. The second-order valence-corrected chi connectivity index (χ2v) is 5.71. The molecule has 0 fully saturated rings. The van der Waals surface area contributed by atoms with Crippen LogP contribution in [0.3, 0.4) is 0 Å². The summed E-state index contributed by atoms with van der Waals surface area (Å²) in [6.07, 6.45) is 0. The topological polar surface area (TPSA) is 0 Å². The van der Waals surface area contributed by atoms with Gasteiger partial charge >= 0.3 is 85.1 Å². The summed E-state index contributed by atoms with van der Waals surface area (Å²) in [6, 6.07) is 6.85. The van der Waals surface area contributed by atoms with Crippen molar-refractivity contribution in [2.45, 2.75) is 26.7 Å². The summed E-state index contributed by atoms with van der Waals surface area (Å²) in [6.45, 7) is 6.76. The van der Waals surface area contributed by atoms with Crippen molar-refractivity contribution in [3.63, 3.8) is 0 Å². The molecule has 0 spiro atoms. The van der Waals surface area contributed by atoms with E-state index in [1.807, 2.05) is 0 Å². The van der Waals surface area contributed by atoms with E-state index in [9.17, 15) is 0 Å². The standard InChI is InChI=1S/C12H14Se/c1-8(2)10-5-4-9(3)12-11(10)6-7-13-12/h4-8H,1-3H3. The Morgan fingerprint density at radius 3 is 2.62 bits per heavy atom. The quantitative estimate of drug-likeness (QED) is 0.667. The van der Waals surface area contributed by atoms with Crippen LogP contribution >= 0.6 is 0 Å². The Balaban J connectivity index is 2.78. The van der Waals surface area contributed by atoms with Gasteiger partial charge in [-0.1, -0.05) is 0 Å². The summed E-state index contributed by atoms with van der Waals surface area (Å²) in [5, 5.41) is 1.51. The zero-order valence-electron chi connectivity index (χ0n) is 8.29. The van der Waals surface area contributed by atoms with Crippen LogP contribution in [0.15, 0.2) is 23.1 Å². The fraction of sp³-hybridized carbons (Fsp3) is 0.333. The number of aryl methyl sites for hydroxylation is 1. The molecular formula is C12H14Se. The molecule has 0 aliphatic rings. The zero-order chi connectivity index (χ0) is 9.42. The Morgan fingerprint density at radius 1 is 1.15 bits per heavy atom. The molecule has 2 rings (SSSR count).